The van der Waals surface area contributed by atoms with Crippen LogP contribution in [0.1, 0.15) is 39.0 Å². The number of rotatable bonds is 0. The molecule has 1 saturated carbocycles. The number of fused-ring (bicyclic) bond motifs is 1. The molecule has 1 nitrogen and oxygen atoms in total. The molecule has 1 fully saturated rings. The van der Waals surface area contributed by atoms with Crippen molar-refractivity contribution in [2.75, 3.05) is 0 Å². The van der Waals surface area contributed by atoms with Crippen LogP contribution in [0.4, 0.5) is 0 Å². The largest absolute Gasteiger partial charge is 0.295 e. The molecule has 2 aliphatic carbocycles. The number of ketones is 1. The van der Waals surface area contributed by atoms with E-state index < -0.39 is 0 Å². The third kappa shape index (κ3) is 1.33. The van der Waals surface area contributed by atoms with Crippen molar-refractivity contribution >= 4 is 5.78 Å². The first-order chi connectivity index (χ1) is 5.77. The standard InChI is InChI=1S/C11H16O/c1-8-3-2-4-9-7-10(12)5-6-11(8)9/h7-8,11H,2-6H2,1H3. The van der Waals surface area contributed by atoms with Crippen molar-refractivity contribution in [3.63, 3.8) is 0 Å². The fourth-order valence-electron chi connectivity index (χ4n) is 2.61. The van der Waals surface area contributed by atoms with Crippen LogP contribution in [0.25, 0.3) is 0 Å². The first kappa shape index (κ1) is 8.03. The van der Waals surface area contributed by atoms with Gasteiger partial charge in [0.25, 0.3) is 0 Å². The summed E-state index contributed by atoms with van der Waals surface area (Å²) in [6.07, 6.45) is 7.65. The SMILES string of the molecule is CC1CCCC2=CC(=O)CCC21. The fourth-order valence-corrected chi connectivity index (χ4v) is 2.61. The quantitative estimate of drug-likeness (QED) is 0.538. The van der Waals surface area contributed by atoms with Gasteiger partial charge in [-0.05, 0) is 43.6 Å². The molecule has 2 unspecified atom stereocenters. The lowest BCUT2D eigenvalue weighted by molar-refractivity contribution is -0.115. The Kier molecular flexibility index (Phi) is 2.03. The minimum Gasteiger partial charge on any atom is -0.295 e. The minimum absolute atomic E-state index is 0.357. The summed E-state index contributed by atoms with van der Waals surface area (Å²) in [7, 11) is 0. The molecule has 0 bridgehead atoms. The summed E-state index contributed by atoms with van der Waals surface area (Å²) < 4.78 is 0. The molecule has 0 N–H and O–H groups in total. The maximum atomic E-state index is 11.1. The van der Waals surface area contributed by atoms with Crippen molar-refractivity contribution < 1.29 is 4.79 Å². The topological polar surface area (TPSA) is 17.1 Å². The highest BCUT2D eigenvalue weighted by Crippen LogP contribution is 2.39. The second kappa shape index (κ2) is 3.04. The highest BCUT2D eigenvalue weighted by molar-refractivity contribution is 5.91. The maximum Gasteiger partial charge on any atom is 0.155 e. The van der Waals surface area contributed by atoms with E-state index in [-0.39, 0.29) is 0 Å². The van der Waals surface area contributed by atoms with E-state index in [1.54, 1.807) is 0 Å². The van der Waals surface area contributed by atoms with E-state index in [2.05, 4.69) is 6.92 Å². The van der Waals surface area contributed by atoms with Crippen LogP contribution in [0.5, 0.6) is 0 Å². The zero-order valence-corrected chi connectivity index (χ0v) is 7.68. The van der Waals surface area contributed by atoms with E-state index in [0.29, 0.717) is 5.78 Å². The van der Waals surface area contributed by atoms with Crippen molar-refractivity contribution in [3.05, 3.63) is 11.6 Å². The molecule has 66 valence electrons. The van der Waals surface area contributed by atoms with Gasteiger partial charge < -0.3 is 0 Å². The number of hydrogen-bond acceptors (Lipinski definition) is 1. The molecule has 2 rings (SSSR count). The normalized spacial score (nSPS) is 35.8. The number of allylic oxidation sites excluding steroid dienone is 2. The molecule has 0 saturated heterocycles. The Bertz CT molecular complexity index is 227. The Morgan fingerprint density at radius 1 is 1.33 bits per heavy atom. The zero-order chi connectivity index (χ0) is 8.55. The van der Waals surface area contributed by atoms with Gasteiger partial charge in [0.1, 0.15) is 0 Å². The van der Waals surface area contributed by atoms with Gasteiger partial charge in [-0.3, -0.25) is 4.79 Å². The van der Waals surface area contributed by atoms with Gasteiger partial charge in [-0.15, -0.1) is 0 Å². The summed E-state index contributed by atoms with van der Waals surface area (Å²) >= 11 is 0. The first-order valence-electron chi connectivity index (χ1n) is 5.00. The molecular weight excluding hydrogens is 148 g/mol. The van der Waals surface area contributed by atoms with Gasteiger partial charge in [0.15, 0.2) is 5.78 Å². The van der Waals surface area contributed by atoms with Crippen LogP contribution in [0.2, 0.25) is 0 Å². The molecule has 0 aromatic rings. The van der Waals surface area contributed by atoms with Gasteiger partial charge in [-0.1, -0.05) is 12.5 Å². The van der Waals surface area contributed by atoms with Crippen molar-refractivity contribution in [2.24, 2.45) is 11.8 Å². The fraction of sp³-hybridized carbons (Fsp3) is 0.727. The summed E-state index contributed by atoms with van der Waals surface area (Å²) in [6, 6.07) is 0. The maximum absolute atomic E-state index is 11.1. The molecule has 0 aromatic carbocycles. The van der Waals surface area contributed by atoms with Crippen LogP contribution in [-0.2, 0) is 4.79 Å². The van der Waals surface area contributed by atoms with Gasteiger partial charge in [0.2, 0.25) is 0 Å². The molecular formula is C11H16O. The number of carbonyl (C=O) groups is 1. The lowest BCUT2D eigenvalue weighted by Gasteiger charge is -2.33. The number of carbonyl (C=O) groups excluding carboxylic acids is 1. The van der Waals surface area contributed by atoms with Gasteiger partial charge in [-0.2, -0.15) is 0 Å². The highest BCUT2D eigenvalue weighted by Gasteiger charge is 2.28. The third-order valence-electron chi connectivity index (χ3n) is 3.34. The summed E-state index contributed by atoms with van der Waals surface area (Å²) in [6.45, 7) is 2.33. The van der Waals surface area contributed by atoms with Crippen LogP contribution in [0.15, 0.2) is 11.6 Å². The highest BCUT2D eigenvalue weighted by atomic mass is 16.1. The second-order valence-corrected chi connectivity index (χ2v) is 4.20. The van der Waals surface area contributed by atoms with E-state index in [1.807, 2.05) is 6.08 Å². The molecule has 0 heterocycles. The predicted molar refractivity (Wildman–Crippen MR) is 48.8 cm³/mol. The Labute approximate surface area is 73.8 Å². The lowest BCUT2D eigenvalue weighted by atomic mass is 9.71. The lowest BCUT2D eigenvalue weighted by Crippen LogP contribution is -2.24. The van der Waals surface area contributed by atoms with Crippen LogP contribution in [-0.4, -0.2) is 5.78 Å². The first-order valence-corrected chi connectivity index (χ1v) is 5.00. The molecule has 2 atom stereocenters. The van der Waals surface area contributed by atoms with Crippen LogP contribution in [0, 0.1) is 11.8 Å². The van der Waals surface area contributed by atoms with Gasteiger partial charge >= 0.3 is 0 Å². The van der Waals surface area contributed by atoms with Crippen LogP contribution < -0.4 is 0 Å². The Balaban J connectivity index is 2.20. The predicted octanol–water partition coefficient (Wildman–Crippen LogP) is 2.71. The summed E-state index contributed by atoms with van der Waals surface area (Å²) in [5, 5.41) is 0. The van der Waals surface area contributed by atoms with Gasteiger partial charge in [0.05, 0.1) is 0 Å². The van der Waals surface area contributed by atoms with E-state index in [1.165, 1.54) is 24.8 Å². The average molecular weight is 164 g/mol. The molecule has 2 aliphatic rings. The molecule has 0 spiro atoms. The van der Waals surface area contributed by atoms with Crippen molar-refractivity contribution in [1.29, 1.82) is 0 Å². The van der Waals surface area contributed by atoms with E-state index in [0.717, 1.165) is 24.7 Å². The van der Waals surface area contributed by atoms with Crippen LogP contribution >= 0.6 is 0 Å². The van der Waals surface area contributed by atoms with E-state index in [4.69, 9.17) is 0 Å². The monoisotopic (exact) mass is 164 g/mol. The Hall–Kier alpha value is -0.590. The summed E-state index contributed by atoms with van der Waals surface area (Å²) in [4.78, 5) is 11.1. The number of hydrogen-bond donors (Lipinski definition) is 0. The van der Waals surface area contributed by atoms with E-state index in [9.17, 15) is 4.79 Å². The summed E-state index contributed by atoms with van der Waals surface area (Å²) in [5.41, 5.74) is 1.45. The van der Waals surface area contributed by atoms with Crippen LogP contribution in [0.3, 0.4) is 0 Å². The summed E-state index contributed by atoms with van der Waals surface area (Å²) in [5.74, 6) is 1.92. The average Bonchev–Trinajstić information content (AvgIpc) is 2.04. The van der Waals surface area contributed by atoms with Crippen molar-refractivity contribution in [2.45, 2.75) is 39.0 Å². The van der Waals surface area contributed by atoms with E-state index >= 15 is 0 Å². The molecule has 0 amide bonds. The Morgan fingerprint density at radius 3 is 3.00 bits per heavy atom. The molecule has 0 aromatic heterocycles. The van der Waals surface area contributed by atoms with Gasteiger partial charge in [-0.25, -0.2) is 0 Å². The molecule has 0 aliphatic heterocycles. The minimum atomic E-state index is 0.357. The van der Waals surface area contributed by atoms with Gasteiger partial charge in [0, 0.05) is 6.42 Å². The molecule has 0 radical (unpaired) electrons. The molecule has 12 heavy (non-hydrogen) atoms. The third-order valence-corrected chi connectivity index (χ3v) is 3.34. The van der Waals surface area contributed by atoms with Crippen molar-refractivity contribution in [1.82, 2.24) is 0 Å². The molecule has 1 heteroatoms. The van der Waals surface area contributed by atoms with Crippen molar-refractivity contribution in [3.8, 4) is 0 Å². The zero-order valence-electron chi connectivity index (χ0n) is 7.68. The second-order valence-electron chi connectivity index (χ2n) is 4.20. The Morgan fingerprint density at radius 2 is 2.17 bits per heavy atom. The smallest absolute Gasteiger partial charge is 0.155 e.